The van der Waals surface area contributed by atoms with E-state index in [0.29, 0.717) is 23.4 Å². The summed E-state index contributed by atoms with van der Waals surface area (Å²) in [6.45, 7) is 0.104. The number of anilines is 2. The number of hydrogen-bond acceptors (Lipinski definition) is 15. The Bertz CT molecular complexity index is 2630. The molecule has 61 heavy (non-hydrogen) atoms. The maximum absolute atomic E-state index is 13.2. The summed E-state index contributed by atoms with van der Waals surface area (Å²) >= 11 is 0.906. The number of fused-ring (bicyclic) bond motifs is 1. The van der Waals surface area contributed by atoms with Crippen LogP contribution in [0.4, 0.5) is 16.5 Å². The molecule has 1 saturated heterocycles. The zero-order chi connectivity index (χ0) is 43.7. The average molecular weight is 871 g/mol. The molecule has 1 unspecified atom stereocenters. The van der Waals surface area contributed by atoms with Gasteiger partial charge in [0.2, 0.25) is 29.4 Å². The Labute approximate surface area is 350 Å². The van der Waals surface area contributed by atoms with Gasteiger partial charge in [0.1, 0.15) is 17.5 Å². The van der Waals surface area contributed by atoms with Crippen LogP contribution >= 0.6 is 11.3 Å². The zero-order valence-corrected chi connectivity index (χ0v) is 33.6. The summed E-state index contributed by atoms with van der Waals surface area (Å²) in [4.78, 5) is 94.6. The van der Waals surface area contributed by atoms with Crippen LogP contribution < -0.4 is 30.1 Å². The normalized spacial score (nSPS) is 14.8. The average Bonchev–Trinajstić information content (AvgIpc) is 3.82. The highest BCUT2D eigenvalue weighted by Crippen LogP contribution is 2.34. The van der Waals surface area contributed by atoms with E-state index in [1.807, 2.05) is 0 Å². The number of aromatic nitrogens is 2. The minimum absolute atomic E-state index is 0.00393. The van der Waals surface area contributed by atoms with E-state index in [1.165, 1.54) is 74.0 Å². The second-order valence-corrected chi connectivity index (χ2v) is 15.8. The van der Waals surface area contributed by atoms with Crippen molar-refractivity contribution in [3.8, 4) is 23.5 Å². The van der Waals surface area contributed by atoms with Gasteiger partial charge in [-0.3, -0.25) is 53.8 Å². The van der Waals surface area contributed by atoms with Crippen LogP contribution in [0.3, 0.4) is 0 Å². The molecule has 2 aliphatic heterocycles. The number of imide groups is 2. The van der Waals surface area contributed by atoms with Gasteiger partial charge in [-0.2, -0.15) is 4.98 Å². The number of nitro groups is 1. The van der Waals surface area contributed by atoms with E-state index in [2.05, 4.69) is 42.5 Å². The van der Waals surface area contributed by atoms with Crippen molar-refractivity contribution in [2.75, 3.05) is 30.3 Å². The molecule has 6 rings (SSSR count). The van der Waals surface area contributed by atoms with E-state index >= 15 is 0 Å². The molecule has 0 radical (unpaired) electrons. The van der Waals surface area contributed by atoms with Gasteiger partial charge in [0.05, 0.1) is 47.4 Å². The predicted molar refractivity (Wildman–Crippen MR) is 217 cm³/mol. The van der Waals surface area contributed by atoms with Crippen LogP contribution in [0.1, 0.15) is 63.4 Å². The summed E-state index contributed by atoms with van der Waals surface area (Å²) in [5, 5.41) is 18.2. The lowest BCUT2D eigenvalue weighted by atomic mass is 10.0. The predicted octanol–water partition coefficient (Wildman–Crippen LogP) is 3.03. The summed E-state index contributed by atoms with van der Waals surface area (Å²) in [5.74, 6) is 1.92. The van der Waals surface area contributed by atoms with Crippen molar-refractivity contribution in [2.45, 2.75) is 43.0 Å². The molecule has 0 aliphatic carbocycles. The van der Waals surface area contributed by atoms with Crippen molar-refractivity contribution in [1.29, 1.82) is 0 Å². The lowest BCUT2D eigenvalue weighted by Crippen LogP contribution is -2.54. The van der Waals surface area contributed by atoms with Crippen LogP contribution in [0.15, 0.2) is 71.8 Å². The first kappa shape index (κ1) is 43.1. The van der Waals surface area contributed by atoms with Crippen molar-refractivity contribution in [3.63, 3.8) is 0 Å². The molecule has 0 saturated carbocycles. The number of methoxy groups -OCH3 is 1. The summed E-state index contributed by atoms with van der Waals surface area (Å²) in [7, 11) is -2.92. The van der Waals surface area contributed by atoms with Crippen LogP contribution in [0.2, 0.25) is 0 Å². The maximum Gasteiger partial charge on any atom is 0.324 e. The Hall–Kier alpha value is -7.51. The Morgan fingerprint density at radius 3 is 2.59 bits per heavy atom. The topological polar surface area (TPSA) is 275 Å². The van der Waals surface area contributed by atoms with Crippen molar-refractivity contribution in [1.82, 2.24) is 25.5 Å². The van der Waals surface area contributed by atoms with E-state index in [-0.39, 0.29) is 82.5 Å². The fourth-order valence-corrected chi connectivity index (χ4v) is 7.69. The number of rotatable bonds is 16. The number of nitrogens with one attached hydrogen (secondary N) is 4. The molecule has 0 spiro atoms. The summed E-state index contributed by atoms with van der Waals surface area (Å²) in [6.07, 6.45) is 4.86. The van der Waals surface area contributed by atoms with Gasteiger partial charge in [0.25, 0.3) is 27.7 Å². The number of hydrogen-bond donors (Lipinski definition) is 4. The molecule has 4 N–H and O–H groups in total. The third-order valence-corrected chi connectivity index (χ3v) is 11.2. The first-order valence-corrected chi connectivity index (χ1v) is 20.5. The number of piperidine rings is 1. The number of unbranched alkanes of at least 4 members (excludes halogenated alkanes) is 1. The first-order chi connectivity index (χ1) is 29.2. The Morgan fingerprint density at radius 1 is 1.08 bits per heavy atom. The molecular weight excluding hydrogens is 837 g/mol. The van der Waals surface area contributed by atoms with Crippen LogP contribution in [0.5, 0.6) is 11.6 Å². The molecule has 20 nitrogen and oxygen atoms in total. The van der Waals surface area contributed by atoms with Crippen LogP contribution in [0.25, 0.3) is 6.08 Å². The standard InChI is InChI=1S/C39H34N8O12S2/c1-58-37-35(45-61(56,57)26-14-10-23(11-15-26)42-31(49)17-12-25-13-19-33(60-25)47(54)55)41-22-24(43-37)6-5-20-40-30(48)9-2-3-21-59-29-8-4-7-27-34(29)39(53)46(38(27)52)28-16-18-32(50)44-36(28)51/h4,7-8,10-15,17,19,22,28H,2-3,9,16,18,20-21H2,1H3,(H,40,48)(H,41,45)(H,42,49)(H,44,50,51)/b17-12+. The molecule has 22 heteroatoms. The molecule has 4 aromatic rings. The van der Waals surface area contributed by atoms with E-state index in [1.54, 1.807) is 6.07 Å². The quantitative estimate of drug-likeness (QED) is 0.0315. The van der Waals surface area contributed by atoms with E-state index in [0.717, 1.165) is 16.2 Å². The first-order valence-electron chi connectivity index (χ1n) is 18.2. The summed E-state index contributed by atoms with van der Waals surface area (Å²) in [6, 6.07) is 11.6. The fraction of sp³-hybridized carbons (Fsp3) is 0.231. The highest BCUT2D eigenvalue weighted by atomic mass is 32.2. The number of carbonyl (C=O) groups excluding carboxylic acids is 6. The number of amides is 6. The van der Waals surface area contributed by atoms with E-state index < -0.39 is 50.5 Å². The van der Waals surface area contributed by atoms with Crippen LogP contribution in [-0.4, -0.2) is 90.0 Å². The van der Waals surface area contributed by atoms with Gasteiger partial charge in [-0.05, 0) is 73.7 Å². The lowest BCUT2D eigenvalue weighted by molar-refractivity contribution is -0.380. The molecule has 2 aliphatic rings. The lowest BCUT2D eigenvalue weighted by Gasteiger charge is -2.27. The van der Waals surface area contributed by atoms with E-state index in [9.17, 15) is 47.3 Å². The molecule has 4 heterocycles. The van der Waals surface area contributed by atoms with Gasteiger partial charge < -0.3 is 20.1 Å². The monoisotopic (exact) mass is 870 g/mol. The third kappa shape index (κ3) is 10.6. The number of benzene rings is 2. The molecule has 1 fully saturated rings. The highest BCUT2D eigenvalue weighted by molar-refractivity contribution is 7.92. The van der Waals surface area contributed by atoms with Crippen molar-refractivity contribution in [3.05, 3.63) is 98.7 Å². The molecule has 0 bridgehead atoms. The Kier molecular flexibility index (Phi) is 13.4. The van der Waals surface area contributed by atoms with Crippen molar-refractivity contribution < 1.29 is 51.6 Å². The zero-order valence-electron chi connectivity index (χ0n) is 32.0. The third-order valence-electron chi connectivity index (χ3n) is 8.86. The fourth-order valence-electron chi connectivity index (χ4n) is 5.96. The summed E-state index contributed by atoms with van der Waals surface area (Å²) in [5.41, 5.74) is 0.564. The second kappa shape index (κ2) is 19.0. The number of ether oxygens (including phenoxy) is 2. The largest absolute Gasteiger partial charge is 0.493 e. The maximum atomic E-state index is 13.2. The number of carbonyl (C=O) groups is 6. The highest BCUT2D eigenvalue weighted by Gasteiger charge is 2.46. The van der Waals surface area contributed by atoms with Gasteiger partial charge in [-0.15, -0.1) is 0 Å². The van der Waals surface area contributed by atoms with Gasteiger partial charge in [-0.1, -0.05) is 23.3 Å². The number of nitrogens with zero attached hydrogens (tertiary/aromatic N) is 4. The van der Waals surface area contributed by atoms with Gasteiger partial charge in [0.15, 0.2) is 0 Å². The van der Waals surface area contributed by atoms with Crippen LogP contribution in [-0.2, 0) is 29.2 Å². The van der Waals surface area contributed by atoms with Crippen molar-refractivity contribution in [2.24, 2.45) is 0 Å². The Morgan fingerprint density at radius 2 is 1.87 bits per heavy atom. The van der Waals surface area contributed by atoms with Crippen molar-refractivity contribution >= 4 is 79.4 Å². The molecule has 314 valence electrons. The minimum Gasteiger partial charge on any atom is -0.493 e. The molecule has 1 atom stereocenters. The molecule has 2 aromatic heterocycles. The van der Waals surface area contributed by atoms with Crippen LogP contribution in [0, 0.1) is 22.0 Å². The molecule has 6 amide bonds. The molecule has 2 aromatic carbocycles. The minimum atomic E-state index is -4.18. The van der Waals surface area contributed by atoms with Gasteiger partial charge >= 0.3 is 5.00 Å². The Balaban J connectivity index is 0.928. The van der Waals surface area contributed by atoms with Gasteiger partial charge in [0, 0.05) is 35.5 Å². The van der Waals surface area contributed by atoms with Gasteiger partial charge in [-0.25, -0.2) is 13.4 Å². The van der Waals surface area contributed by atoms with E-state index in [4.69, 9.17) is 9.47 Å². The number of thiophene rings is 1. The molecular formula is C39H34N8O12S2. The smallest absolute Gasteiger partial charge is 0.324 e. The second-order valence-electron chi connectivity index (χ2n) is 13.0. The number of sulfonamides is 1. The SMILES string of the molecule is COc1nc(C#CCNC(=O)CCCCOc2cccc3c2C(=O)N(C2CCC(=O)NC2=O)C3=O)cnc1NS(=O)(=O)c1ccc(NC(=O)/C=C/c2ccc([N+](=O)[O-])s2)cc1. The summed E-state index contributed by atoms with van der Waals surface area (Å²) < 4.78 is 39.5.